The van der Waals surface area contributed by atoms with Gasteiger partial charge in [-0.15, -0.1) is 0 Å². The van der Waals surface area contributed by atoms with E-state index in [1.165, 1.54) is 6.07 Å². The molecule has 8 nitrogen and oxygen atoms in total. The Morgan fingerprint density at radius 2 is 1.81 bits per heavy atom. The molecule has 2 heterocycles. The third kappa shape index (κ3) is 2.87. The lowest BCUT2D eigenvalue weighted by Gasteiger charge is -2.07. The van der Waals surface area contributed by atoms with Crippen molar-refractivity contribution in [2.45, 2.75) is 18.4 Å². The molecule has 0 aliphatic carbocycles. The van der Waals surface area contributed by atoms with Crippen LogP contribution >= 0.6 is 0 Å². The summed E-state index contributed by atoms with van der Waals surface area (Å²) < 4.78 is 37.9. The van der Waals surface area contributed by atoms with E-state index in [-0.39, 0.29) is 17.0 Å². The molecule has 0 aliphatic heterocycles. The standard InChI is InChI=1S/C17H14N4O4S/c1-11-13(16(20-24-11)12-6-3-2-4-7-12)10-18-26(22,23)15-9-5-8-14-17(15)21-25-19-14/h2-9,18H,10H2,1H3. The number of hydrogen-bond acceptors (Lipinski definition) is 7. The summed E-state index contributed by atoms with van der Waals surface area (Å²) in [6.45, 7) is 1.77. The van der Waals surface area contributed by atoms with E-state index in [1.54, 1.807) is 19.1 Å². The lowest BCUT2D eigenvalue weighted by molar-refractivity contribution is 0.315. The van der Waals surface area contributed by atoms with E-state index in [0.29, 0.717) is 22.5 Å². The second kappa shape index (κ2) is 6.36. The van der Waals surface area contributed by atoms with E-state index >= 15 is 0 Å². The summed E-state index contributed by atoms with van der Waals surface area (Å²) in [7, 11) is -3.83. The van der Waals surface area contributed by atoms with Gasteiger partial charge in [-0.2, -0.15) is 0 Å². The number of fused-ring (bicyclic) bond motifs is 1. The third-order valence-electron chi connectivity index (χ3n) is 4.01. The minimum Gasteiger partial charge on any atom is -0.361 e. The van der Waals surface area contributed by atoms with Crippen LogP contribution in [0.25, 0.3) is 22.3 Å². The molecule has 2 aromatic carbocycles. The minimum atomic E-state index is -3.83. The second-order valence-electron chi connectivity index (χ2n) is 5.64. The Hall–Kier alpha value is -3.04. The van der Waals surface area contributed by atoms with Crippen LogP contribution < -0.4 is 4.72 Å². The molecular weight excluding hydrogens is 356 g/mol. The van der Waals surface area contributed by atoms with Gasteiger partial charge < -0.3 is 4.52 Å². The lowest BCUT2D eigenvalue weighted by Crippen LogP contribution is -2.24. The zero-order valence-electron chi connectivity index (χ0n) is 13.7. The van der Waals surface area contributed by atoms with Gasteiger partial charge >= 0.3 is 0 Å². The molecular formula is C17H14N4O4S. The molecule has 4 rings (SSSR count). The van der Waals surface area contributed by atoms with E-state index in [4.69, 9.17) is 4.52 Å². The molecule has 0 spiro atoms. The zero-order chi connectivity index (χ0) is 18.1. The van der Waals surface area contributed by atoms with Gasteiger partial charge in [-0.3, -0.25) is 0 Å². The normalized spacial score (nSPS) is 11.9. The van der Waals surface area contributed by atoms with Crippen molar-refractivity contribution < 1.29 is 17.6 Å². The second-order valence-corrected chi connectivity index (χ2v) is 7.38. The van der Waals surface area contributed by atoms with Crippen LogP contribution in [0.4, 0.5) is 0 Å². The van der Waals surface area contributed by atoms with Crippen molar-refractivity contribution in [3.8, 4) is 11.3 Å². The van der Waals surface area contributed by atoms with Gasteiger partial charge in [0.25, 0.3) is 0 Å². The Bertz CT molecular complexity index is 1170. The summed E-state index contributed by atoms with van der Waals surface area (Å²) >= 11 is 0. The molecule has 4 aromatic rings. The van der Waals surface area contributed by atoms with Crippen LogP contribution in [0.3, 0.4) is 0 Å². The Morgan fingerprint density at radius 1 is 1.00 bits per heavy atom. The molecule has 0 saturated carbocycles. The number of aromatic nitrogens is 3. The van der Waals surface area contributed by atoms with Gasteiger partial charge in [-0.05, 0) is 29.4 Å². The molecule has 0 atom stereocenters. The van der Waals surface area contributed by atoms with Gasteiger partial charge in [0.2, 0.25) is 10.0 Å². The first-order valence-electron chi connectivity index (χ1n) is 7.78. The van der Waals surface area contributed by atoms with Crippen molar-refractivity contribution in [3.63, 3.8) is 0 Å². The molecule has 1 N–H and O–H groups in total. The van der Waals surface area contributed by atoms with E-state index in [2.05, 4.69) is 24.8 Å². The highest BCUT2D eigenvalue weighted by atomic mass is 32.2. The monoisotopic (exact) mass is 370 g/mol. The van der Waals surface area contributed by atoms with Crippen LogP contribution in [0.5, 0.6) is 0 Å². The topological polar surface area (TPSA) is 111 Å². The molecule has 0 unspecified atom stereocenters. The zero-order valence-corrected chi connectivity index (χ0v) is 14.5. The predicted octanol–water partition coefficient (Wildman–Crippen LogP) is 2.66. The van der Waals surface area contributed by atoms with Crippen LogP contribution in [0.15, 0.2) is 62.6 Å². The minimum absolute atomic E-state index is 0.00613. The van der Waals surface area contributed by atoms with Crippen LogP contribution in [-0.2, 0) is 16.6 Å². The van der Waals surface area contributed by atoms with E-state index < -0.39 is 10.0 Å². The predicted molar refractivity (Wildman–Crippen MR) is 92.5 cm³/mol. The maximum Gasteiger partial charge on any atom is 0.243 e. The number of rotatable bonds is 5. The smallest absolute Gasteiger partial charge is 0.243 e. The quantitative estimate of drug-likeness (QED) is 0.575. The lowest BCUT2D eigenvalue weighted by atomic mass is 10.1. The molecule has 9 heteroatoms. The third-order valence-corrected chi connectivity index (χ3v) is 5.44. The van der Waals surface area contributed by atoms with Gasteiger partial charge in [-0.25, -0.2) is 17.8 Å². The highest BCUT2D eigenvalue weighted by Gasteiger charge is 2.22. The van der Waals surface area contributed by atoms with E-state index in [0.717, 1.165) is 5.56 Å². The molecule has 26 heavy (non-hydrogen) atoms. The molecule has 0 amide bonds. The van der Waals surface area contributed by atoms with Crippen molar-refractivity contribution in [2.75, 3.05) is 0 Å². The summed E-state index contributed by atoms with van der Waals surface area (Å²) in [6, 6.07) is 14.1. The van der Waals surface area contributed by atoms with E-state index in [1.807, 2.05) is 30.3 Å². The van der Waals surface area contributed by atoms with Crippen molar-refractivity contribution in [3.05, 3.63) is 59.9 Å². The van der Waals surface area contributed by atoms with Crippen molar-refractivity contribution in [2.24, 2.45) is 0 Å². The van der Waals surface area contributed by atoms with Gasteiger partial charge in [0.1, 0.15) is 21.9 Å². The average Bonchev–Trinajstić information content (AvgIpc) is 3.27. The first-order chi connectivity index (χ1) is 12.6. The Balaban J connectivity index is 1.66. The molecule has 132 valence electrons. The summed E-state index contributed by atoms with van der Waals surface area (Å²) in [5.41, 5.74) is 2.68. The number of nitrogens with one attached hydrogen (secondary N) is 1. The van der Waals surface area contributed by atoms with Crippen LogP contribution in [-0.4, -0.2) is 23.9 Å². The number of benzene rings is 2. The highest BCUT2D eigenvalue weighted by Crippen LogP contribution is 2.26. The maximum absolute atomic E-state index is 12.7. The van der Waals surface area contributed by atoms with Crippen LogP contribution in [0, 0.1) is 6.92 Å². The van der Waals surface area contributed by atoms with Crippen LogP contribution in [0.2, 0.25) is 0 Å². The molecule has 0 aliphatic rings. The van der Waals surface area contributed by atoms with E-state index in [9.17, 15) is 8.42 Å². The maximum atomic E-state index is 12.7. The Labute approximate surface area is 148 Å². The van der Waals surface area contributed by atoms with Gasteiger partial charge in [0.15, 0.2) is 5.52 Å². The first kappa shape index (κ1) is 16.4. The first-order valence-corrected chi connectivity index (χ1v) is 9.26. The number of hydrogen-bond donors (Lipinski definition) is 1. The molecule has 0 bridgehead atoms. The highest BCUT2D eigenvalue weighted by molar-refractivity contribution is 7.89. The summed E-state index contributed by atoms with van der Waals surface area (Å²) in [6.07, 6.45) is 0. The fraction of sp³-hybridized carbons (Fsp3) is 0.118. The largest absolute Gasteiger partial charge is 0.361 e. The number of nitrogens with zero attached hydrogens (tertiary/aromatic N) is 3. The van der Waals surface area contributed by atoms with Gasteiger partial charge in [0, 0.05) is 17.7 Å². The summed E-state index contributed by atoms with van der Waals surface area (Å²) in [4.78, 5) is 0.00613. The Morgan fingerprint density at radius 3 is 2.62 bits per heavy atom. The molecule has 0 saturated heterocycles. The fourth-order valence-corrected chi connectivity index (χ4v) is 3.81. The molecule has 0 radical (unpaired) electrons. The molecule has 2 aromatic heterocycles. The average molecular weight is 370 g/mol. The van der Waals surface area contributed by atoms with Gasteiger partial charge in [0.05, 0.1) is 0 Å². The summed E-state index contributed by atoms with van der Waals surface area (Å²) in [5.74, 6) is 0.549. The number of sulfonamides is 1. The van der Waals surface area contributed by atoms with Crippen molar-refractivity contribution in [1.29, 1.82) is 0 Å². The fourth-order valence-electron chi connectivity index (χ4n) is 2.67. The Kier molecular flexibility index (Phi) is 4.02. The number of aryl methyl sites for hydroxylation is 1. The SMILES string of the molecule is Cc1onc(-c2ccccc2)c1CNS(=O)(=O)c1cccc2nonc12. The molecule has 0 fully saturated rings. The van der Waals surface area contributed by atoms with Crippen LogP contribution in [0.1, 0.15) is 11.3 Å². The summed E-state index contributed by atoms with van der Waals surface area (Å²) in [5, 5.41) is 11.4. The van der Waals surface area contributed by atoms with Crippen molar-refractivity contribution >= 4 is 21.1 Å². The van der Waals surface area contributed by atoms with Crippen molar-refractivity contribution in [1.82, 2.24) is 20.2 Å². The van der Waals surface area contributed by atoms with Gasteiger partial charge in [-0.1, -0.05) is 41.6 Å².